The Hall–Kier alpha value is -1.90. The van der Waals surface area contributed by atoms with Crippen molar-refractivity contribution in [1.82, 2.24) is 0 Å². The van der Waals surface area contributed by atoms with E-state index in [0.717, 1.165) is 11.3 Å². The van der Waals surface area contributed by atoms with Gasteiger partial charge >= 0.3 is 0 Å². The standard InChI is InChI=1S/C15H20N2O/c1-11-9-14(17(3)4)5-6-15(11)16-12(2)13-7-8-18-10-13/h5-10,12,16H,1-4H3. The molecule has 96 valence electrons. The molecule has 0 spiro atoms. The number of hydrogen-bond donors (Lipinski definition) is 1. The average Bonchev–Trinajstić information content (AvgIpc) is 2.85. The number of aryl methyl sites for hydroxylation is 1. The van der Waals surface area contributed by atoms with Gasteiger partial charge in [0.1, 0.15) is 0 Å². The Bertz CT molecular complexity index is 503. The van der Waals surface area contributed by atoms with E-state index in [0.29, 0.717) is 0 Å². The van der Waals surface area contributed by atoms with Crippen LogP contribution < -0.4 is 10.2 Å². The number of anilines is 2. The second-order valence-electron chi connectivity index (χ2n) is 4.82. The van der Waals surface area contributed by atoms with Gasteiger partial charge < -0.3 is 14.6 Å². The molecule has 0 aliphatic heterocycles. The van der Waals surface area contributed by atoms with Crippen molar-refractivity contribution in [3.05, 3.63) is 47.9 Å². The highest BCUT2D eigenvalue weighted by atomic mass is 16.3. The van der Waals surface area contributed by atoms with Crippen molar-refractivity contribution in [3.8, 4) is 0 Å². The molecular weight excluding hydrogens is 224 g/mol. The SMILES string of the molecule is Cc1cc(N(C)C)ccc1NC(C)c1ccoc1. The van der Waals surface area contributed by atoms with Gasteiger partial charge in [-0.3, -0.25) is 0 Å². The summed E-state index contributed by atoms with van der Waals surface area (Å²) in [6, 6.07) is 8.66. The van der Waals surface area contributed by atoms with Gasteiger partial charge in [-0.05, 0) is 43.7 Å². The highest BCUT2D eigenvalue weighted by molar-refractivity contribution is 5.60. The molecular formula is C15H20N2O. The van der Waals surface area contributed by atoms with Crippen molar-refractivity contribution in [2.24, 2.45) is 0 Å². The third kappa shape index (κ3) is 2.67. The van der Waals surface area contributed by atoms with E-state index < -0.39 is 0 Å². The summed E-state index contributed by atoms with van der Waals surface area (Å²) < 4.78 is 5.11. The molecule has 2 rings (SSSR count). The lowest BCUT2D eigenvalue weighted by Crippen LogP contribution is -2.10. The molecule has 18 heavy (non-hydrogen) atoms. The number of nitrogens with zero attached hydrogens (tertiary/aromatic N) is 1. The van der Waals surface area contributed by atoms with Crippen LogP contribution in [0.2, 0.25) is 0 Å². The quantitative estimate of drug-likeness (QED) is 0.886. The first-order valence-electron chi connectivity index (χ1n) is 6.14. The monoisotopic (exact) mass is 244 g/mol. The third-order valence-corrected chi connectivity index (χ3v) is 3.14. The van der Waals surface area contributed by atoms with Crippen LogP contribution >= 0.6 is 0 Å². The number of nitrogens with one attached hydrogen (secondary N) is 1. The van der Waals surface area contributed by atoms with E-state index in [9.17, 15) is 0 Å². The summed E-state index contributed by atoms with van der Waals surface area (Å²) in [6.45, 7) is 4.25. The largest absolute Gasteiger partial charge is 0.472 e. The smallest absolute Gasteiger partial charge is 0.0955 e. The zero-order valence-corrected chi connectivity index (χ0v) is 11.4. The Morgan fingerprint density at radius 2 is 2.00 bits per heavy atom. The van der Waals surface area contributed by atoms with Gasteiger partial charge in [0.15, 0.2) is 0 Å². The fourth-order valence-corrected chi connectivity index (χ4v) is 1.93. The van der Waals surface area contributed by atoms with Crippen molar-refractivity contribution < 1.29 is 4.42 Å². The van der Waals surface area contributed by atoms with Crippen molar-refractivity contribution in [1.29, 1.82) is 0 Å². The minimum Gasteiger partial charge on any atom is -0.472 e. The fraction of sp³-hybridized carbons (Fsp3) is 0.333. The molecule has 0 bridgehead atoms. The first-order chi connectivity index (χ1) is 8.58. The van der Waals surface area contributed by atoms with Crippen LogP contribution in [0.4, 0.5) is 11.4 Å². The van der Waals surface area contributed by atoms with Gasteiger partial charge in [-0.25, -0.2) is 0 Å². The molecule has 1 unspecified atom stereocenters. The lowest BCUT2D eigenvalue weighted by Gasteiger charge is -2.18. The summed E-state index contributed by atoms with van der Waals surface area (Å²) in [5.74, 6) is 0. The van der Waals surface area contributed by atoms with Crippen molar-refractivity contribution in [2.45, 2.75) is 19.9 Å². The predicted octanol–water partition coefficient (Wildman–Crippen LogP) is 3.83. The highest BCUT2D eigenvalue weighted by Crippen LogP contribution is 2.25. The lowest BCUT2D eigenvalue weighted by atomic mass is 10.1. The summed E-state index contributed by atoms with van der Waals surface area (Å²) in [5.41, 5.74) is 4.78. The minimum atomic E-state index is 0.243. The predicted molar refractivity (Wildman–Crippen MR) is 76.3 cm³/mol. The average molecular weight is 244 g/mol. The highest BCUT2D eigenvalue weighted by Gasteiger charge is 2.08. The van der Waals surface area contributed by atoms with Crippen LogP contribution in [0.15, 0.2) is 41.2 Å². The molecule has 3 heteroatoms. The van der Waals surface area contributed by atoms with Gasteiger partial charge in [0, 0.05) is 31.0 Å². The van der Waals surface area contributed by atoms with E-state index in [-0.39, 0.29) is 6.04 Å². The summed E-state index contributed by atoms with van der Waals surface area (Å²) in [5, 5.41) is 3.50. The van der Waals surface area contributed by atoms with Gasteiger partial charge in [0.05, 0.1) is 18.6 Å². The molecule has 0 saturated carbocycles. The molecule has 0 saturated heterocycles. The molecule has 1 heterocycles. The molecule has 1 aromatic carbocycles. The second-order valence-corrected chi connectivity index (χ2v) is 4.82. The van der Waals surface area contributed by atoms with Crippen molar-refractivity contribution >= 4 is 11.4 Å². The van der Waals surface area contributed by atoms with Crippen LogP contribution in [-0.4, -0.2) is 14.1 Å². The van der Waals surface area contributed by atoms with E-state index in [4.69, 9.17) is 4.42 Å². The number of hydrogen-bond acceptors (Lipinski definition) is 3. The summed E-state index contributed by atoms with van der Waals surface area (Å²) in [7, 11) is 4.10. The summed E-state index contributed by atoms with van der Waals surface area (Å²) in [6.07, 6.45) is 3.48. The number of furan rings is 1. The van der Waals surface area contributed by atoms with Crippen LogP contribution in [0.1, 0.15) is 24.1 Å². The van der Waals surface area contributed by atoms with E-state index in [1.165, 1.54) is 11.3 Å². The van der Waals surface area contributed by atoms with Crippen LogP contribution in [0.5, 0.6) is 0 Å². The van der Waals surface area contributed by atoms with Gasteiger partial charge in [0.25, 0.3) is 0 Å². The first-order valence-corrected chi connectivity index (χ1v) is 6.14. The van der Waals surface area contributed by atoms with E-state index >= 15 is 0 Å². The minimum absolute atomic E-state index is 0.243. The van der Waals surface area contributed by atoms with Gasteiger partial charge in [-0.1, -0.05) is 0 Å². The van der Waals surface area contributed by atoms with Crippen molar-refractivity contribution in [2.75, 3.05) is 24.3 Å². The molecule has 0 aliphatic carbocycles. The molecule has 1 atom stereocenters. The lowest BCUT2D eigenvalue weighted by molar-refractivity contribution is 0.562. The molecule has 0 radical (unpaired) electrons. The molecule has 0 amide bonds. The van der Waals surface area contributed by atoms with E-state index in [1.807, 2.05) is 6.07 Å². The fourth-order valence-electron chi connectivity index (χ4n) is 1.93. The van der Waals surface area contributed by atoms with E-state index in [2.05, 4.69) is 56.4 Å². The van der Waals surface area contributed by atoms with Crippen LogP contribution in [0.3, 0.4) is 0 Å². The Kier molecular flexibility index (Phi) is 3.60. The Labute approximate surface area is 108 Å². The zero-order chi connectivity index (χ0) is 13.1. The summed E-state index contributed by atoms with van der Waals surface area (Å²) >= 11 is 0. The maximum atomic E-state index is 5.11. The maximum absolute atomic E-state index is 5.11. The molecule has 1 aromatic heterocycles. The number of benzene rings is 1. The Morgan fingerprint density at radius 3 is 2.56 bits per heavy atom. The Balaban J connectivity index is 2.15. The molecule has 0 aliphatic rings. The molecule has 2 aromatic rings. The van der Waals surface area contributed by atoms with Gasteiger partial charge in [0.2, 0.25) is 0 Å². The van der Waals surface area contributed by atoms with Crippen LogP contribution in [-0.2, 0) is 0 Å². The Morgan fingerprint density at radius 1 is 1.22 bits per heavy atom. The van der Waals surface area contributed by atoms with Crippen LogP contribution in [0, 0.1) is 6.92 Å². The number of rotatable bonds is 4. The van der Waals surface area contributed by atoms with Gasteiger partial charge in [-0.2, -0.15) is 0 Å². The third-order valence-electron chi connectivity index (χ3n) is 3.14. The topological polar surface area (TPSA) is 28.4 Å². The second kappa shape index (κ2) is 5.17. The zero-order valence-electron chi connectivity index (χ0n) is 11.4. The normalized spacial score (nSPS) is 12.2. The molecule has 1 N–H and O–H groups in total. The van der Waals surface area contributed by atoms with E-state index in [1.54, 1.807) is 12.5 Å². The van der Waals surface area contributed by atoms with Gasteiger partial charge in [-0.15, -0.1) is 0 Å². The molecule has 3 nitrogen and oxygen atoms in total. The van der Waals surface area contributed by atoms with Crippen LogP contribution in [0.25, 0.3) is 0 Å². The molecule has 0 fully saturated rings. The first kappa shape index (κ1) is 12.6. The van der Waals surface area contributed by atoms with Crippen molar-refractivity contribution in [3.63, 3.8) is 0 Å². The maximum Gasteiger partial charge on any atom is 0.0955 e. The summed E-state index contributed by atoms with van der Waals surface area (Å²) in [4.78, 5) is 2.11.